The monoisotopic (exact) mass is 368 g/mol. The van der Waals surface area contributed by atoms with Crippen LogP contribution in [0.4, 0.5) is 0 Å². The van der Waals surface area contributed by atoms with Crippen molar-refractivity contribution in [1.82, 2.24) is 5.32 Å². The maximum atomic E-state index is 12.8. The average Bonchev–Trinajstić information content (AvgIpc) is 3.15. The Bertz CT molecular complexity index is 875. The Morgan fingerprint density at radius 1 is 1.22 bits per heavy atom. The number of hydrogen-bond donors (Lipinski definition) is 1. The van der Waals surface area contributed by atoms with Crippen LogP contribution in [-0.2, 0) is 14.4 Å². The van der Waals surface area contributed by atoms with Crippen molar-refractivity contribution >= 4 is 28.4 Å². The molecule has 3 rings (SSSR count). The average molecular weight is 368 g/mol. The van der Waals surface area contributed by atoms with Gasteiger partial charge in [-0.1, -0.05) is 49.3 Å². The number of oxime groups is 1. The van der Waals surface area contributed by atoms with Crippen LogP contribution in [0.15, 0.2) is 47.6 Å². The first-order valence-corrected chi connectivity index (χ1v) is 9.18. The summed E-state index contributed by atoms with van der Waals surface area (Å²) in [5.41, 5.74) is 1.23. The van der Waals surface area contributed by atoms with E-state index in [1.54, 1.807) is 6.92 Å². The summed E-state index contributed by atoms with van der Waals surface area (Å²) in [5.74, 6) is -0.515. The number of rotatable bonds is 6. The van der Waals surface area contributed by atoms with Gasteiger partial charge in [0.2, 0.25) is 6.10 Å². The summed E-state index contributed by atoms with van der Waals surface area (Å²) in [6.07, 6.45) is -0.418. The molecule has 2 aromatic rings. The molecule has 0 radical (unpaired) electrons. The molecule has 1 amide bonds. The summed E-state index contributed by atoms with van der Waals surface area (Å²) in [4.78, 5) is 29.8. The van der Waals surface area contributed by atoms with Crippen LogP contribution in [0.5, 0.6) is 0 Å². The smallest absolute Gasteiger partial charge is 0.350 e. The molecule has 0 fully saturated rings. The van der Waals surface area contributed by atoms with Crippen molar-refractivity contribution in [2.24, 2.45) is 11.1 Å². The Balaban J connectivity index is 1.72. The lowest BCUT2D eigenvalue weighted by atomic mass is 9.95. The van der Waals surface area contributed by atoms with Crippen LogP contribution in [0.3, 0.4) is 0 Å². The molecule has 0 aromatic heterocycles. The molecular weight excluding hydrogens is 344 g/mol. The third-order valence-corrected chi connectivity index (χ3v) is 4.57. The van der Waals surface area contributed by atoms with E-state index < -0.39 is 12.1 Å². The molecule has 0 saturated carbocycles. The van der Waals surface area contributed by atoms with Gasteiger partial charge in [0.05, 0.1) is 18.4 Å². The van der Waals surface area contributed by atoms with E-state index >= 15 is 0 Å². The minimum Gasteiger partial charge on any atom is -0.463 e. The second-order valence-electron chi connectivity index (χ2n) is 6.89. The molecule has 27 heavy (non-hydrogen) atoms. The number of nitrogens with zero attached hydrogens (tertiary/aromatic N) is 1. The summed E-state index contributed by atoms with van der Waals surface area (Å²) in [6, 6.07) is 13.2. The van der Waals surface area contributed by atoms with E-state index in [1.807, 2.05) is 56.3 Å². The van der Waals surface area contributed by atoms with Gasteiger partial charge in [0.25, 0.3) is 5.91 Å². The van der Waals surface area contributed by atoms with Gasteiger partial charge in [-0.05, 0) is 35.7 Å². The van der Waals surface area contributed by atoms with Crippen molar-refractivity contribution in [2.75, 3.05) is 6.61 Å². The number of esters is 1. The molecule has 2 atom stereocenters. The summed E-state index contributed by atoms with van der Waals surface area (Å²) < 4.78 is 4.98. The summed E-state index contributed by atoms with van der Waals surface area (Å²) in [7, 11) is 0. The van der Waals surface area contributed by atoms with Crippen LogP contribution in [0.1, 0.15) is 37.6 Å². The van der Waals surface area contributed by atoms with Gasteiger partial charge in [-0.3, -0.25) is 4.79 Å². The van der Waals surface area contributed by atoms with Crippen molar-refractivity contribution in [1.29, 1.82) is 0 Å². The second kappa shape index (κ2) is 8.20. The second-order valence-corrected chi connectivity index (χ2v) is 6.89. The largest absolute Gasteiger partial charge is 0.463 e. The van der Waals surface area contributed by atoms with E-state index in [4.69, 9.17) is 9.57 Å². The molecule has 1 aliphatic rings. The highest BCUT2D eigenvalue weighted by Crippen LogP contribution is 2.20. The molecule has 1 N–H and O–H groups in total. The van der Waals surface area contributed by atoms with Gasteiger partial charge in [-0.15, -0.1) is 0 Å². The first-order chi connectivity index (χ1) is 13.0. The van der Waals surface area contributed by atoms with Gasteiger partial charge in [-0.2, -0.15) is 0 Å². The van der Waals surface area contributed by atoms with Crippen LogP contribution >= 0.6 is 0 Å². The molecule has 0 aliphatic carbocycles. The van der Waals surface area contributed by atoms with E-state index in [0.29, 0.717) is 24.3 Å². The number of benzene rings is 2. The topological polar surface area (TPSA) is 77.0 Å². The van der Waals surface area contributed by atoms with Gasteiger partial charge in [0.1, 0.15) is 0 Å². The first kappa shape index (κ1) is 18.9. The molecule has 6 nitrogen and oxygen atoms in total. The van der Waals surface area contributed by atoms with Gasteiger partial charge >= 0.3 is 5.97 Å². The molecule has 142 valence electrons. The molecule has 0 spiro atoms. The lowest BCUT2D eigenvalue weighted by Crippen LogP contribution is -2.44. The first-order valence-electron chi connectivity index (χ1n) is 9.18. The lowest BCUT2D eigenvalue weighted by Gasteiger charge is -2.22. The highest BCUT2D eigenvalue weighted by Gasteiger charge is 2.35. The van der Waals surface area contributed by atoms with Crippen LogP contribution < -0.4 is 5.32 Å². The molecule has 1 unspecified atom stereocenters. The maximum Gasteiger partial charge on any atom is 0.350 e. The number of fused-ring (bicyclic) bond motifs is 1. The Hall–Kier alpha value is -2.89. The van der Waals surface area contributed by atoms with E-state index in [1.165, 1.54) is 0 Å². The maximum absolute atomic E-state index is 12.8. The van der Waals surface area contributed by atoms with Crippen molar-refractivity contribution in [3.05, 3.63) is 48.0 Å². The minimum absolute atomic E-state index is 0.0951. The van der Waals surface area contributed by atoms with Crippen molar-refractivity contribution in [2.45, 2.75) is 39.3 Å². The van der Waals surface area contributed by atoms with Gasteiger partial charge < -0.3 is 14.9 Å². The fourth-order valence-electron chi connectivity index (χ4n) is 3.13. The quantitative estimate of drug-likeness (QED) is 0.794. The number of amides is 1. The molecule has 1 heterocycles. The summed E-state index contributed by atoms with van der Waals surface area (Å²) >= 11 is 0. The molecule has 6 heteroatoms. The number of carbonyl (C=O) groups excluding carboxylic acids is 2. The Labute approximate surface area is 158 Å². The number of hydrogen-bond acceptors (Lipinski definition) is 5. The Kier molecular flexibility index (Phi) is 5.74. The standard InChI is InChI=1S/C21H24N2O4/c1-4-26-21(25)18-12-17(23-27-18)19(13(2)3)22-20(24)16-10-9-14-7-5-6-8-15(14)11-16/h5-11,13,18-19H,4,12H2,1-3H3,(H,22,24)/t18?,19-/m0/s1. The molecule has 0 saturated heterocycles. The van der Waals surface area contributed by atoms with E-state index in [-0.39, 0.29) is 17.9 Å². The van der Waals surface area contributed by atoms with E-state index in [2.05, 4.69) is 10.5 Å². The molecular formula is C21H24N2O4. The lowest BCUT2D eigenvalue weighted by molar-refractivity contribution is -0.154. The number of ether oxygens (including phenoxy) is 1. The SMILES string of the molecule is CCOC(=O)C1CC([C@@H](NC(=O)c2ccc3ccccc3c2)C(C)C)=NO1. The highest BCUT2D eigenvalue weighted by atomic mass is 16.7. The number of nitrogens with one attached hydrogen (secondary N) is 1. The minimum atomic E-state index is -0.737. The predicted octanol–water partition coefficient (Wildman–Crippen LogP) is 3.30. The molecule has 1 aliphatic heterocycles. The van der Waals surface area contributed by atoms with Crippen LogP contribution in [0, 0.1) is 5.92 Å². The predicted molar refractivity (Wildman–Crippen MR) is 104 cm³/mol. The Morgan fingerprint density at radius 3 is 2.67 bits per heavy atom. The zero-order valence-corrected chi connectivity index (χ0v) is 15.8. The van der Waals surface area contributed by atoms with Gasteiger partial charge in [0, 0.05) is 12.0 Å². The zero-order valence-electron chi connectivity index (χ0n) is 15.8. The van der Waals surface area contributed by atoms with Crippen molar-refractivity contribution in [3.63, 3.8) is 0 Å². The van der Waals surface area contributed by atoms with Gasteiger partial charge in [0.15, 0.2) is 0 Å². The molecule has 2 aromatic carbocycles. The Morgan fingerprint density at radius 2 is 1.96 bits per heavy atom. The molecule has 0 bridgehead atoms. The summed E-state index contributed by atoms with van der Waals surface area (Å²) in [6.45, 7) is 6.02. The highest BCUT2D eigenvalue weighted by molar-refractivity contribution is 6.02. The third kappa shape index (κ3) is 4.27. The zero-order chi connectivity index (χ0) is 19.4. The van der Waals surface area contributed by atoms with Gasteiger partial charge in [-0.25, -0.2) is 4.79 Å². The van der Waals surface area contributed by atoms with Crippen molar-refractivity contribution < 1.29 is 19.2 Å². The summed E-state index contributed by atoms with van der Waals surface area (Å²) in [5, 5.41) is 9.16. The van der Waals surface area contributed by atoms with Crippen LogP contribution in [-0.4, -0.2) is 36.3 Å². The fourth-order valence-corrected chi connectivity index (χ4v) is 3.13. The van der Waals surface area contributed by atoms with Crippen LogP contribution in [0.2, 0.25) is 0 Å². The van der Waals surface area contributed by atoms with E-state index in [0.717, 1.165) is 10.8 Å². The van der Waals surface area contributed by atoms with Crippen LogP contribution in [0.25, 0.3) is 10.8 Å². The van der Waals surface area contributed by atoms with E-state index in [9.17, 15) is 9.59 Å². The number of carbonyl (C=O) groups is 2. The fraction of sp³-hybridized carbons (Fsp3) is 0.381. The third-order valence-electron chi connectivity index (χ3n) is 4.57. The normalized spacial score (nSPS) is 17.3. The van der Waals surface area contributed by atoms with Crippen molar-refractivity contribution in [3.8, 4) is 0 Å².